The Morgan fingerprint density at radius 1 is 1.22 bits per heavy atom. The maximum Gasteiger partial charge on any atom is 0.161 e. The van der Waals surface area contributed by atoms with E-state index in [-0.39, 0.29) is 0 Å². The second-order valence-corrected chi connectivity index (χ2v) is 4.86. The van der Waals surface area contributed by atoms with E-state index >= 15 is 0 Å². The Bertz CT molecular complexity index is 350. The van der Waals surface area contributed by atoms with E-state index < -0.39 is 0 Å². The molecule has 1 N–H and O–H groups in total. The normalized spacial score (nSPS) is 10.7. The summed E-state index contributed by atoms with van der Waals surface area (Å²) in [5, 5.41) is 3.43. The molecule has 0 aliphatic carbocycles. The zero-order valence-corrected chi connectivity index (χ0v) is 12.0. The van der Waals surface area contributed by atoms with E-state index in [1.165, 1.54) is 5.56 Å². The van der Waals surface area contributed by atoms with Gasteiger partial charge in [-0.3, -0.25) is 0 Å². The number of benzene rings is 1. The number of hydrogen-bond donors (Lipinski definition) is 1. The molecule has 0 amide bonds. The van der Waals surface area contributed by atoms with Crippen LogP contribution in [0.3, 0.4) is 0 Å². The molecule has 1 aromatic rings. The van der Waals surface area contributed by atoms with Gasteiger partial charge in [0.25, 0.3) is 0 Å². The molecule has 0 saturated carbocycles. The number of nitrogens with one attached hydrogen (secondary N) is 1. The summed E-state index contributed by atoms with van der Waals surface area (Å²) < 4.78 is 11.0. The highest BCUT2D eigenvalue weighted by atomic mass is 16.5. The van der Waals surface area contributed by atoms with Gasteiger partial charge in [0.2, 0.25) is 0 Å². The summed E-state index contributed by atoms with van der Waals surface area (Å²) in [5.41, 5.74) is 1.22. The molecule has 0 fully saturated rings. The molecule has 18 heavy (non-hydrogen) atoms. The van der Waals surface area contributed by atoms with E-state index in [1.54, 1.807) is 7.11 Å². The van der Waals surface area contributed by atoms with Gasteiger partial charge in [-0.25, -0.2) is 0 Å². The minimum absolute atomic E-state index is 0.666. The minimum Gasteiger partial charge on any atom is -0.493 e. The Labute approximate surface area is 110 Å². The molecule has 1 rings (SSSR count). The van der Waals surface area contributed by atoms with Gasteiger partial charge in [-0.15, -0.1) is 0 Å². The Balaban J connectivity index is 2.63. The Kier molecular flexibility index (Phi) is 6.58. The highest BCUT2D eigenvalue weighted by Gasteiger charge is 2.05. The van der Waals surface area contributed by atoms with E-state index in [1.807, 2.05) is 6.07 Å². The van der Waals surface area contributed by atoms with Gasteiger partial charge in [-0.05, 0) is 36.6 Å². The van der Waals surface area contributed by atoms with Crippen LogP contribution in [0.15, 0.2) is 18.2 Å². The van der Waals surface area contributed by atoms with Crippen LogP contribution >= 0.6 is 0 Å². The van der Waals surface area contributed by atoms with Gasteiger partial charge in [0, 0.05) is 6.54 Å². The molecule has 0 aromatic heterocycles. The van der Waals surface area contributed by atoms with Crippen LogP contribution in [0.1, 0.15) is 32.8 Å². The molecule has 0 bridgehead atoms. The molecule has 0 unspecified atom stereocenters. The molecular weight excluding hydrogens is 226 g/mol. The van der Waals surface area contributed by atoms with E-state index in [0.29, 0.717) is 5.92 Å². The molecule has 0 aliphatic heterocycles. The van der Waals surface area contributed by atoms with Crippen LogP contribution < -0.4 is 14.8 Å². The summed E-state index contributed by atoms with van der Waals surface area (Å²) in [6.45, 7) is 9.12. The van der Waals surface area contributed by atoms with Crippen molar-refractivity contribution in [2.24, 2.45) is 5.92 Å². The van der Waals surface area contributed by atoms with E-state index in [9.17, 15) is 0 Å². The maximum atomic E-state index is 5.69. The fourth-order valence-electron chi connectivity index (χ4n) is 1.66. The van der Waals surface area contributed by atoms with Gasteiger partial charge >= 0.3 is 0 Å². The van der Waals surface area contributed by atoms with Crippen LogP contribution in [-0.2, 0) is 6.54 Å². The van der Waals surface area contributed by atoms with Crippen molar-refractivity contribution in [3.05, 3.63) is 23.8 Å². The number of hydrogen-bond acceptors (Lipinski definition) is 3. The van der Waals surface area contributed by atoms with Crippen molar-refractivity contribution in [3.8, 4) is 11.5 Å². The van der Waals surface area contributed by atoms with Crippen molar-refractivity contribution in [2.45, 2.75) is 33.7 Å². The highest BCUT2D eigenvalue weighted by molar-refractivity contribution is 5.42. The quantitative estimate of drug-likeness (QED) is 0.769. The van der Waals surface area contributed by atoms with Crippen LogP contribution in [-0.4, -0.2) is 20.3 Å². The lowest BCUT2D eigenvalue weighted by Crippen LogP contribution is -2.18. The third kappa shape index (κ3) is 4.96. The summed E-state index contributed by atoms with van der Waals surface area (Å²) >= 11 is 0. The molecule has 0 heterocycles. The third-order valence-electron chi connectivity index (χ3n) is 2.57. The molecule has 0 atom stereocenters. The molecule has 0 spiro atoms. The lowest BCUT2D eigenvalue weighted by atomic mass is 10.2. The monoisotopic (exact) mass is 251 g/mol. The van der Waals surface area contributed by atoms with Gasteiger partial charge in [0.05, 0.1) is 13.7 Å². The summed E-state index contributed by atoms with van der Waals surface area (Å²) in [5.74, 6) is 2.30. The predicted octanol–water partition coefficient (Wildman–Crippen LogP) is 3.23. The van der Waals surface area contributed by atoms with E-state index in [2.05, 4.69) is 38.2 Å². The maximum absolute atomic E-state index is 5.69. The number of methoxy groups -OCH3 is 1. The predicted molar refractivity (Wildman–Crippen MR) is 75.3 cm³/mol. The SMILES string of the molecule is CCCOc1cc(CNCC(C)C)ccc1OC. The molecule has 0 radical (unpaired) electrons. The van der Waals surface area contributed by atoms with Gasteiger partial charge in [-0.1, -0.05) is 26.8 Å². The van der Waals surface area contributed by atoms with Gasteiger partial charge in [-0.2, -0.15) is 0 Å². The van der Waals surface area contributed by atoms with Crippen LogP contribution in [0.4, 0.5) is 0 Å². The smallest absolute Gasteiger partial charge is 0.161 e. The molecule has 102 valence electrons. The van der Waals surface area contributed by atoms with E-state index in [4.69, 9.17) is 9.47 Å². The second kappa shape index (κ2) is 7.98. The van der Waals surface area contributed by atoms with Crippen LogP contribution in [0.25, 0.3) is 0 Å². The fourth-order valence-corrected chi connectivity index (χ4v) is 1.66. The molecular formula is C15H25NO2. The van der Waals surface area contributed by atoms with Crippen LogP contribution in [0, 0.1) is 5.92 Å². The molecule has 0 saturated heterocycles. The van der Waals surface area contributed by atoms with Crippen LogP contribution in [0.5, 0.6) is 11.5 Å². The average Bonchev–Trinajstić information content (AvgIpc) is 2.36. The number of ether oxygens (including phenoxy) is 2. The first kappa shape index (κ1) is 14.8. The Hall–Kier alpha value is -1.22. The van der Waals surface area contributed by atoms with E-state index in [0.717, 1.165) is 37.6 Å². The first-order chi connectivity index (χ1) is 8.67. The summed E-state index contributed by atoms with van der Waals surface area (Å²) in [7, 11) is 1.67. The second-order valence-electron chi connectivity index (χ2n) is 4.86. The number of rotatable bonds is 8. The Morgan fingerprint density at radius 2 is 2.00 bits per heavy atom. The van der Waals surface area contributed by atoms with Crippen molar-refractivity contribution in [3.63, 3.8) is 0 Å². The van der Waals surface area contributed by atoms with Crippen molar-refractivity contribution in [1.82, 2.24) is 5.32 Å². The third-order valence-corrected chi connectivity index (χ3v) is 2.57. The zero-order chi connectivity index (χ0) is 13.4. The van der Waals surface area contributed by atoms with Crippen LogP contribution in [0.2, 0.25) is 0 Å². The lowest BCUT2D eigenvalue weighted by molar-refractivity contribution is 0.294. The van der Waals surface area contributed by atoms with Crippen molar-refractivity contribution >= 4 is 0 Å². The standard InChI is InChI=1S/C15H25NO2/c1-5-8-18-15-9-13(6-7-14(15)17-4)11-16-10-12(2)3/h6-7,9,12,16H,5,8,10-11H2,1-4H3. The van der Waals surface area contributed by atoms with Crippen molar-refractivity contribution in [2.75, 3.05) is 20.3 Å². The minimum atomic E-state index is 0.666. The van der Waals surface area contributed by atoms with Crippen molar-refractivity contribution in [1.29, 1.82) is 0 Å². The summed E-state index contributed by atoms with van der Waals surface area (Å²) in [4.78, 5) is 0. The first-order valence-corrected chi connectivity index (χ1v) is 6.67. The average molecular weight is 251 g/mol. The topological polar surface area (TPSA) is 30.5 Å². The summed E-state index contributed by atoms with van der Waals surface area (Å²) in [6, 6.07) is 6.10. The highest BCUT2D eigenvalue weighted by Crippen LogP contribution is 2.28. The van der Waals surface area contributed by atoms with Crippen molar-refractivity contribution < 1.29 is 9.47 Å². The zero-order valence-electron chi connectivity index (χ0n) is 12.0. The fraction of sp³-hybridized carbons (Fsp3) is 0.600. The van der Waals surface area contributed by atoms with Gasteiger partial charge in [0.15, 0.2) is 11.5 Å². The van der Waals surface area contributed by atoms with Gasteiger partial charge < -0.3 is 14.8 Å². The molecule has 3 heteroatoms. The summed E-state index contributed by atoms with van der Waals surface area (Å²) in [6.07, 6.45) is 0.999. The Morgan fingerprint density at radius 3 is 2.61 bits per heavy atom. The largest absolute Gasteiger partial charge is 0.493 e. The molecule has 1 aromatic carbocycles. The first-order valence-electron chi connectivity index (χ1n) is 6.67. The molecule has 3 nitrogen and oxygen atoms in total. The molecule has 0 aliphatic rings. The lowest BCUT2D eigenvalue weighted by Gasteiger charge is -2.13. The van der Waals surface area contributed by atoms with Gasteiger partial charge in [0.1, 0.15) is 0 Å².